The topological polar surface area (TPSA) is 74.6 Å². The molecule has 2 atom stereocenters. The molecule has 0 saturated carbocycles. The van der Waals surface area contributed by atoms with Crippen molar-refractivity contribution in [2.24, 2.45) is 18.0 Å². The Bertz CT molecular complexity index is 681. The van der Waals surface area contributed by atoms with E-state index in [0.29, 0.717) is 18.9 Å². The zero-order valence-corrected chi connectivity index (χ0v) is 18.5. The molecule has 1 aliphatic heterocycles. The molecule has 158 valence electrons. The predicted octanol–water partition coefficient (Wildman–Crippen LogP) is 2.17. The summed E-state index contributed by atoms with van der Waals surface area (Å²) in [5, 5.41) is 11.3. The standard InChI is InChI=1S/C21H38N6O/c1-7-22-21(23-11-10-20(28)27-12-8-9-15(2)14-27)24-16(3)13-19-17(4)25-26(6)18(19)5/h15-16H,7-14H2,1-6H3,(H2,22,23,24). The fourth-order valence-corrected chi connectivity index (χ4v) is 3.86. The smallest absolute Gasteiger partial charge is 0.224 e. The number of nitrogens with one attached hydrogen (secondary N) is 2. The molecule has 2 rings (SSSR count). The van der Waals surface area contributed by atoms with Gasteiger partial charge in [0.05, 0.1) is 12.2 Å². The number of likely N-dealkylation sites (tertiary alicyclic amines) is 1. The number of guanidine groups is 1. The Labute approximate surface area is 170 Å². The molecule has 0 aromatic carbocycles. The molecule has 2 N–H and O–H groups in total. The summed E-state index contributed by atoms with van der Waals surface area (Å²) in [6.07, 6.45) is 3.70. The number of carbonyl (C=O) groups is 1. The molecule has 0 bridgehead atoms. The maximum Gasteiger partial charge on any atom is 0.224 e. The number of hydrogen-bond acceptors (Lipinski definition) is 3. The van der Waals surface area contributed by atoms with Crippen molar-refractivity contribution < 1.29 is 4.79 Å². The highest BCUT2D eigenvalue weighted by molar-refractivity contribution is 5.81. The first-order chi connectivity index (χ1) is 13.3. The van der Waals surface area contributed by atoms with Crippen molar-refractivity contribution in [3.8, 4) is 0 Å². The minimum atomic E-state index is 0.220. The first kappa shape index (κ1) is 22.2. The summed E-state index contributed by atoms with van der Waals surface area (Å²) in [6.45, 7) is 13.7. The lowest BCUT2D eigenvalue weighted by molar-refractivity contribution is -0.132. The molecule has 7 heteroatoms. The molecule has 0 spiro atoms. The van der Waals surface area contributed by atoms with Gasteiger partial charge in [-0.05, 0) is 58.4 Å². The van der Waals surface area contributed by atoms with Gasteiger partial charge >= 0.3 is 0 Å². The molecule has 0 aliphatic carbocycles. The minimum absolute atomic E-state index is 0.220. The van der Waals surface area contributed by atoms with Crippen molar-refractivity contribution in [1.82, 2.24) is 25.3 Å². The number of aromatic nitrogens is 2. The lowest BCUT2D eigenvalue weighted by Gasteiger charge is -2.30. The largest absolute Gasteiger partial charge is 0.357 e. The molecule has 7 nitrogen and oxygen atoms in total. The van der Waals surface area contributed by atoms with Crippen LogP contribution in [0.25, 0.3) is 0 Å². The van der Waals surface area contributed by atoms with Gasteiger partial charge in [0.1, 0.15) is 0 Å². The second kappa shape index (κ2) is 10.5. The van der Waals surface area contributed by atoms with Crippen molar-refractivity contribution in [2.45, 2.75) is 66.3 Å². The summed E-state index contributed by atoms with van der Waals surface area (Å²) >= 11 is 0. The van der Waals surface area contributed by atoms with Crippen LogP contribution in [-0.2, 0) is 18.3 Å². The van der Waals surface area contributed by atoms with Gasteiger partial charge in [-0.25, -0.2) is 0 Å². The highest BCUT2D eigenvalue weighted by Gasteiger charge is 2.20. The van der Waals surface area contributed by atoms with Crippen LogP contribution in [0.3, 0.4) is 0 Å². The van der Waals surface area contributed by atoms with Gasteiger partial charge in [0.2, 0.25) is 5.91 Å². The monoisotopic (exact) mass is 390 g/mol. The van der Waals surface area contributed by atoms with Crippen molar-refractivity contribution in [3.05, 3.63) is 17.0 Å². The number of carbonyl (C=O) groups excluding carboxylic acids is 1. The SMILES string of the molecule is CCNC(=NCCC(=O)N1CCCC(C)C1)NC(C)Cc1c(C)nn(C)c1C. The summed E-state index contributed by atoms with van der Waals surface area (Å²) in [4.78, 5) is 19.1. The summed E-state index contributed by atoms with van der Waals surface area (Å²) in [7, 11) is 1.98. The molecule has 28 heavy (non-hydrogen) atoms. The highest BCUT2D eigenvalue weighted by atomic mass is 16.2. The normalized spacial score (nSPS) is 18.9. The molecule has 0 radical (unpaired) electrons. The van der Waals surface area contributed by atoms with E-state index in [1.807, 2.05) is 16.6 Å². The second-order valence-corrected chi connectivity index (χ2v) is 8.12. The zero-order valence-electron chi connectivity index (χ0n) is 18.5. The highest BCUT2D eigenvalue weighted by Crippen LogP contribution is 2.16. The van der Waals surface area contributed by atoms with Crippen LogP contribution >= 0.6 is 0 Å². The Kier molecular flexibility index (Phi) is 8.33. The second-order valence-electron chi connectivity index (χ2n) is 8.12. The van der Waals surface area contributed by atoms with Crippen LogP contribution < -0.4 is 10.6 Å². The van der Waals surface area contributed by atoms with Crippen LogP contribution in [0.1, 0.15) is 57.0 Å². The first-order valence-electron chi connectivity index (χ1n) is 10.6. The molecule has 1 aromatic heterocycles. The van der Waals surface area contributed by atoms with Gasteiger partial charge in [-0.2, -0.15) is 5.10 Å². The third-order valence-corrected chi connectivity index (χ3v) is 5.50. The third-order valence-electron chi connectivity index (χ3n) is 5.50. The average Bonchev–Trinajstić information content (AvgIpc) is 2.88. The Morgan fingerprint density at radius 3 is 2.75 bits per heavy atom. The van der Waals surface area contributed by atoms with Crippen LogP contribution in [0.4, 0.5) is 0 Å². The molecule has 1 saturated heterocycles. The lowest BCUT2D eigenvalue weighted by atomic mass is 10.00. The number of piperidine rings is 1. The van der Waals surface area contributed by atoms with E-state index in [-0.39, 0.29) is 11.9 Å². The maximum absolute atomic E-state index is 12.4. The zero-order chi connectivity index (χ0) is 20.7. The fraction of sp³-hybridized carbons (Fsp3) is 0.762. The van der Waals surface area contributed by atoms with E-state index in [1.54, 1.807) is 0 Å². The number of rotatable bonds is 7. The molecule has 1 fully saturated rings. The molecular weight excluding hydrogens is 352 g/mol. The van der Waals surface area contributed by atoms with Gasteiger partial charge in [0.25, 0.3) is 0 Å². The fourth-order valence-electron chi connectivity index (χ4n) is 3.86. The van der Waals surface area contributed by atoms with Gasteiger partial charge in [-0.15, -0.1) is 0 Å². The Morgan fingerprint density at radius 1 is 1.39 bits per heavy atom. The van der Waals surface area contributed by atoms with E-state index in [9.17, 15) is 4.79 Å². The number of aliphatic imine (C=N–C) groups is 1. The van der Waals surface area contributed by atoms with Gasteiger partial charge < -0.3 is 15.5 Å². The molecule has 2 unspecified atom stereocenters. The quantitative estimate of drug-likeness (QED) is 0.553. The van der Waals surface area contributed by atoms with Crippen LogP contribution in [-0.4, -0.2) is 58.8 Å². The van der Waals surface area contributed by atoms with Crippen LogP contribution in [0.5, 0.6) is 0 Å². The molecule has 1 amide bonds. The van der Waals surface area contributed by atoms with E-state index < -0.39 is 0 Å². The van der Waals surface area contributed by atoms with E-state index in [1.165, 1.54) is 17.7 Å². The maximum atomic E-state index is 12.4. The van der Waals surface area contributed by atoms with Gasteiger partial charge in [0, 0.05) is 44.8 Å². The Hall–Kier alpha value is -2.05. The molecule has 1 aliphatic rings. The molecular formula is C21H38N6O. The lowest BCUT2D eigenvalue weighted by Crippen LogP contribution is -2.43. The van der Waals surface area contributed by atoms with Crippen LogP contribution in [0, 0.1) is 19.8 Å². The van der Waals surface area contributed by atoms with Gasteiger partial charge in [0.15, 0.2) is 5.96 Å². The Morgan fingerprint density at radius 2 is 2.14 bits per heavy atom. The van der Waals surface area contributed by atoms with Gasteiger partial charge in [-0.3, -0.25) is 14.5 Å². The minimum Gasteiger partial charge on any atom is -0.357 e. The first-order valence-corrected chi connectivity index (χ1v) is 10.6. The number of nitrogens with zero attached hydrogens (tertiary/aromatic N) is 4. The predicted molar refractivity (Wildman–Crippen MR) is 115 cm³/mol. The number of hydrogen-bond donors (Lipinski definition) is 2. The number of amides is 1. The van der Waals surface area contributed by atoms with Crippen LogP contribution in [0.2, 0.25) is 0 Å². The third kappa shape index (κ3) is 6.24. The van der Waals surface area contributed by atoms with E-state index in [4.69, 9.17) is 0 Å². The molecule has 1 aromatic rings. The summed E-state index contributed by atoms with van der Waals surface area (Å²) in [5.41, 5.74) is 3.57. The average molecular weight is 391 g/mol. The summed E-state index contributed by atoms with van der Waals surface area (Å²) < 4.78 is 1.93. The van der Waals surface area contributed by atoms with Crippen molar-refractivity contribution in [2.75, 3.05) is 26.2 Å². The van der Waals surface area contributed by atoms with Crippen molar-refractivity contribution >= 4 is 11.9 Å². The Balaban J connectivity index is 1.87. The molecule has 2 heterocycles. The number of aryl methyl sites for hydroxylation is 2. The summed E-state index contributed by atoms with van der Waals surface area (Å²) in [5.74, 6) is 1.61. The summed E-state index contributed by atoms with van der Waals surface area (Å²) in [6, 6.07) is 0.220. The van der Waals surface area contributed by atoms with Gasteiger partial charge in [-0.1, -0.05) is 6.92 Å². The van der Waals surface area contributed by atoms with E-state index in [2.05, 4.69) is 55.3 Å². The van der Waals surface area contributed by atoms with Crippen molar-refractivity contribution in [3.63, 3.8) is 0 Å². The van der Waals surface area contributed by atoms with E-state index >= 15 is 0 Å². The van der Waals surface area contributed by atoms with E-state index in [0.717, 1.165) is 44.1 Å². The van der Waals surface area contributed by atoms with Crippen LogP contribution in [0.15, 0.2) is 4.99 Å². The van der Waals surface area contributed by atoms with Crippen molar-refractivity contribution in [1.29, 1.82) is 0 Å².